The largest absolute Gasteiger partial charge is 0.354 e. The maximum absolute atomic E-state index is 4.85. The Morgan fingerprint density at radius 2 is 1.96 bits per heavy atom. The fraction of sp³-hybridized carbons (Fsp3) is 0.278. The summed E-state index contributed by atoms with van der Waals surface area (Å²) in [7, 11) is 1.89. The molecule has 128 valence electrons. The van der Waals surface area contributed by atoms with E-state index in [1.807, 2.05) is 31.3 Å². The Bertz CT molecular complexity index is 852. The van der Waals surface area contributed by atoms with Crippen molar-refractivity contribution in [2.45, 2.75) is 0 Å². The molecule has 4 rings (SSSR count). The van der Waals surface area contributed by atoms with E-state index in [9.17, 15) is 0 Å². The van der Waals surface area contributed by atoms with Crippen molar-refractivity contribution in [2.75, 3.05) is 36.4 Å². The normalized spacial score (nSPS) is 14.5. The van der Waals surface area contributed by atoms with Crippen molar-refractivity contribution in [1.82, 2.24) is 25.1 Å². The van der Waals surface area contributed by atoms with E-state index in [1.54, 1.807) is 17.1 Å². The van der Waals surface area contributed by atoms with E-state index in [4.69, 9.17) is 4.98 Å². The van der Waals surface area contributed by atoms with Crippen molar-refractivity contribution in [3.63, 3.8) is 0 Å². The van der Waals surface area contributed by atoms with Crippen molar-refractivity contribution in [2.24, 2.45) is 7.05 Å². The molecule has 0 unspecified atom stereocenters. The van der Waals surface area contributed by atoms with Gasteiger partial charge in [-0.3, -0.25) is 4.68 Å². The van der Waals surface area contributed by atoms with Gasteiger partial charge < -0.3 is 15.5 Å². The number of hydrogen-bond donors (Lipinski definition) is 2. The predicted molar refractivity (Wildman–Crippen MR) is 99.0 cm³/mol. The fourth-order valence-electron chi connectivity index (χ4n) is 2.94. The Kier molecular flexibility index (Phi) is 4.30. The molecule has 0 atom stereocenters. The number of nitrogens with one attached hydrogen (secondary N) is 2. The van der Waals surface area contributed by atoms with E-state index >= 15 is 0 Å². The molecule has 0 amide bonds. The first kappa shape index (κ1) is 15.6. The van der Waals surface area contributed by atoms with E-state index in [-0.39, 0.29) is 0 Å². The van der Waals surface area contributed by atoms with Crippen LogP contribution in [-0.2, 0) is 7.05 Å². The summed E-state index contributed by atoms with van der Waals surface area (Å²) in [5, 5.41) is 10.8. The average molecular weight is 335 g/mol. The van der Waals surface area contributed by atoms with Gasteiger partial charge in [-0.1, -0.05) is 6.07 Å². The zero-order chi connectivity index (χ0) is 17.1. The summed E-state index contributed by atoms with van der Waals surface area (Å²) in [4.78, 5) is 11.6. The molecule has 1 aliphatic heterocycles. The van der Waals surface area contributed by atoms with E-state index < -0.39 is 0 Å². The standard InChI is InChI=1S/C18H21N7/c1-24-17(6-8-21-24)23-16-13-14(5-7-20-16)15-3-2-4-18(22-15)25-11-9-19-10-12-25/h2-8,13,19H,9-12H2,1H3,(H,20,23). The molecule has 0 saturated carbocycles. The minimum atomic E-state index is 0.774. The molecule has 1 fully saturated rings. The summed E-state index contributed by atoms with van der Waals surface area (Å²) in [5.74, 6) is 2.69. The topological polar surface area (TPSA) is 70.9 Å². The molecule has 0 bridgehead atoms. The van der Waals surface area contributed by atoms with E-state index in [2.05, 4.69) is 37.7 Å². The van der Waals surface area contributed by atoms with Gasteiger partial charge in [0.1, 0.15) is 17.5 Å². The number of aromatic nitrogens is 4. The molecular formula is C18H21N7. The Labute approximate surface area is 146 Å². The van der Waals surface area contributed by atoms with Crippen LogP contribution in [-0.4, -0.2) is 45.9 Å². The lowest BCUT2D eigenvalue weighted by molar-refractivity contribution is 0.585. The summed E-state index contributed by atoms with van der Waals surface area (Å²) < 4.78 is 1.78. The van der Waals surface area contributed by atoms with E-state index in [0.29, 0.717) is 0 Å². The first-order chi connectivity index (χ1) is 12.3. The number of nitrogens with zero attached hydrogens (tertiary/aromatic N) is 5. The van der Waals surface area contributed by atoms with Crippen molar-refractivity contribution < 1.29 is 0 Å². The van der Waals surface area contributed by atoms with Crippen LogP contribution in [0.15, 0.2) is 48.8 Å². The van der Waals surface area contributed by atoms with Crippen LogP contribution in [0.3, 0.4) is 0 Å². The lowest BCUT2D eigenvalue weighted by Crippen LogP contribution is -2.43. The molecular weight excluding hydrogens is 314 g/mol. The van der Waals surface area contributed by atoms with E-state index in [1.165, 1.54) is 0 Å². The first-order valence-corrected chi connectivity index (χ1v) is 8.44. The van der Waals surface area contributed by atoms with Gasteiger partial charge in [0.2, 0.25) is 0 Å². The SMILES string of the molecule is Cn1nccc1Nc1cc(-c2cccc(N3CCNCC3)n2)ccn1. The molecule has 7 nitrogen and oxygen atoms in total. The van der Waals surface area contributed by atoms with Crippen LogP contribution in [0.2, 0.25) is 0 Å². The summed E-state index contributed by atoms with van der Waals surface area (Å²) in [6.07, 6.45) is 3.55. The van der Waals surface area contributed by atoms with E-state index in [0.717, 1.165) is 54.9 Å². The van der Waals surface area contributed by atoms with Crippen molar-refractivity contribution in [3.05, 3.63) is 48.8 Å². The smallest absolute Gasteiger partial charge is 0.132 e. The second kappa shape index (κ2) is 6.90. The van der Waals surface area contributed by atoms with Crippen LogP contribution in [0.5, 0.6) is 0 Å². The van der Waals surface area contributed by atoms with Crippen LogP contribution in [0.4, 0.5) is 17.5 Å². The number of anilines is 3. The molecule has 3 aromatic rings. The Balaban J connectivity index is 1.59. The third kappa shape index (κ3) is 3.46. The fourth-order valence-corrected chi connectivity index (χ4v) is 2.94. The highest BCUT2D eigenvalue weighted by molar-refractivity contribution is 5.66. The molecule has 0 aliphatic carbocycles. The Morgan fingerprint density at radius 3 is 2.76 bits per heavy atom. The van der Waals surface area contributed by atoms with Gasteiger partial charge in [-0.15, -0.1) is 0 Å². The summed E-state index contributed by atoms with van der Waals surface area (Å²) >= 11 is 0. The molecule has 1 aliphatic rings. The average Bonchev–Trinajstić information content (AvgIpc) is 3.07. The van der Waals surface area contributed by atoms with Crippen molar-refractivity contribution >= 4 is 17.5 Å². The van der Waals surface area contributed by atoms with Crippen LogP contribution in [0.1, 0.15) is 0 Å². The van der Waals surface area contributed by atoms with Gasteiger partial charge in [-0.05, 0) is 24.3 Å². The summed E-state index contributed by atoms with van der Waals surface area (Å²) in [6.45, 7) is 3.97. The number of pyridine rings is 2. The molecule has 7 heteroatoms. The van der Waals surface area contributed by atoms with Gasteiger partial charge in [0.05, 0.1) is 11.9 Å². The highest BCUT2D eigenvalue weighted by atomic mass is 15.3. The highest BCUT2D eigenvalue weighted by Crippen LogP contribution is 2.23. The summed E-state index contributed by atoms with van der Waals surface area (Å²) in [5.41, 5.74) is 1.99. The highest BCUT2D eigenvalue weighted by Gasteiger charge is 2.12. The maximum atomic E-state index is 4.85. The number of hydrogen-bond acceptors (Lipinski definition) is 6. The molecule has 3 aromatic heterocycles. The monoisotopic (exact) mass is 335 g/mol. The summed E-state index contributed by atoms with van der Waals surface area (Å²) in [6, 6.07) is 12.1. The van der Waals surface area contributed by atoms with Crippen LogP contribution in [0, 0.1) is 0 Å². The van der Waals surface area contributed by atoms with Crippen molar-refractivity contribution in [1.29, 1.82) is 0 Å². The predicted octanol–water partition coefficient (Wildman–Crippen LogP) is 2.03. The molecule has 0 radical (unpaired) electrons. The van der Waals surface area contributed by atoms with Gasteiger partial charge in [-0.25, -0.2) is 9.97 Å². The Hall–Kier alpha value is -2.93. The van der Waals surface area contributed by atoms with Gasteiger partial charge in [0.25, 0.3) is 0 Å². The van der Waals surface area contributed by atoms with Crippen molar-refractivity contribution in [3.8, 4) is 11.3 Å². The molecule has 1 saturated heterocycles. The van der Waals surface area contributed by atoms with Crippen LogP contribution in [0.25, 0.3) is 11.3 Å². The first-order valence-electron chi connectivity index (χ1n) is 8.44. The van der Waals surface area contributed by atoms with Crippen LogP contribution >= 0.6 is 0 Å². The zero-order valence-corrected chi connectivity index (χ0v) is 14.2. The third-order valence-electron chi connectivity index (χ3n) is 4.31. The minimum absolute atomic E-state index is 0.774. The molecule has 0 aromatic carbocycles. The number of aryl methyl sites for hydroxylation is 1. The van der Waals surface area contributed by atoms with Gasteiger partial charge in [-0.2, -0.15) is 5.10 Å². The lowest BCUT2D eigenvalue weighted by Gasteiger charge is -2.28. The second-order valence-corrected chi connectivity index (χ2v) is 6.01. The molecule has 2 N–H and O–H groups in total. The quantitative estimate of drug-likeness (QED) is 0.760. The maximum Gasteiger partial charge on any atom is 0.132 e. The zero-order valence-electron chi connectivity index (χ0n) is 14.2. The van der Waals surface area contributed by atoms with Gasteiger partial charge in [0, 0.05) is 51.1 Å². The number of piperazine rings is 1. The molecule has 25 heavy (non-hydrogen) atoms. The molecule has 0 spiro atoms. The third-order valence-corrected chi connectivity index (χ3v) is 4.31. The second-order valence-electron chi connectivity index (χ2n) is 6.01. The number of rotatable bonds is 4. The molecule has 4 heterocycles. The minimum Gasteiger partial charge on any atom is -0.354 e. The Morgan fingerprint density at radius 1 is 1.08 bits per heavy atom. The van der Waals surface area contributed by atoms with Crippen LogP contribution < -0.4 is 15.5 Å². The lowest BCUT2D eigenvalue weighted by atomic mass is 10.1. The van der Waals surface area contributed by atoms with Gasteiger partial charge in [0.15, 0.2) is 0 Å². The van der Waals surface area contributed by atoms with Gasteiger partial charge >= 0.3 is 0 Å².